The van der Waals surface area contributed by atoms with Crippen molar-refractivity contribution in [2.24, 2.45) is 7.05 Å². The molecular formula is C23H34N4O. The summed E-state index contributed by atoms with van der Waals surface area (Å²) >= 11 is 0. The summed E-state index contributed by atoms with van der Waals surface area (Å²) in [5.74, 6) is 0.248. The predicted molar refractivity (Wildman–Crippen MR) is 113 cm³/mol. The van der Waals surface area contributed by atoms with Gasteiger partial charge in [0.2, 0.25) is 5.91 Å². The van der Waals surface area contributed by atoms with Crippen LogP contribution in [0, 0.1) is 13.8 Å². The van der Waals surface area contributed by atoms with Crippen LogP contribution >= 0.6 is 0 Å². The van der Waals surface area contributed by atoms with Crippen molar-refractivity contribution < 1.29 is 4.79 Å². The van der Waals surface area contributed by atoms with Gasteiger partial charge in [-0.25, -0.2) is 0 Å². The van der Waals surface area contributed by atoms with Crippen LogP contribution in [0.25, 0.3) is 0 Å². The Morgan fingerprint density at radius 1 is 1.21 bits per heavy atom. The van der Waals surface area contributed by atoms with Crippen LogP contribution in [-0.4, -0.2) is 58.2 Å². The van der Waals surface area contributed by atoms with Gasteiger partial charge in [0, 0.05) is 45.3 Å². The van der Waals surface area contributed by atoms with E-state index in [0.29, 0.717) is 12.5 Å². The largest absolute Gasteiger partial charge is 0.341 e. The quantitative estimate of drug-likeness (QED) is 0.739. The van der Waals surface area contributed by atoms with Gasteiger partial charge in [0.1, 0.15) is 0 Å². The van der Waals surface area contributed by atoms with Crippen LogP contribution in [0.1, 0.15) is 41.8 Å². The van der Waals surface area contributed by atoms with Gasteiger partial charge in [-0.1, -0.05) is 30.3 Å². The molecule has 1 fully saturated rings. The molecule has 0 radical (unpaired) electrons. The normalized spacial score (nSPS) is 17.6. The molecule has 152 valence electrons. The van der Waals surface area contributed by atoms with Gasteiger partial charge >= 0.3 is 0 Å². The molecule has 1 saturated heterocycles. The number of amides is 1. The number of aryl methyl sites for hydroxylation is 2. The van der Waals surface area contributed by atoms with Gasteiger partial charge in [0.25, 0.3) is 0 Å². The zero-order chi connectivity index (χ0) is 20.1. The standard InChI is InChI=1S/C23H34N4O/c1-18-22(19(2)26(4)24-18)12-13-23(28)25(3)21-11-8-15-27(17-21)16-14-20-9-6-5-7-10-20/h5-7,9-10,21H,8,11-17H2,1-4H3. The minimum absolute atomic E-state index is 0.248. The van der Waals surface area contributed by atoms with Crippen LogP contribution in [0.4, 0.5) is 0 Å². The molecule has 0 N–H and O–H groups in total. The maximum absolute atomic E-state index is 12.8. The summed E-state index contributed by atoms with van der Waals surface area (Å²) < 4.78 is 1.91. The molecule has 2 heterocycles. The minimum atomic E-state index is 0.248. The lowest BCUT2D eigenvalue weighted by Crippen LogP contribution is -2.49. The number of hydrogen-bond acceptors (Lipinski definition) is 3. The average molecular weight is 383 g/mol. The van der Waals surface area contributed by atoms with E-state index in [1.165, 1.54) is 11.1 Å². The van der Waals surface area contributed by atoms with E-state index in [9.17, 15) is 4.79 Å². The molecule has 28 heavy (non-hydrogen) atoms. The number of carbonyl (C=O) groups is 1. The fourth-order valence-electron chi connectivity index (χ4n) is 4.27. The third-order valence-electron chi connectivity index (χ3n) is 6.23. The fourth-order valence-corrected chi connectivity index (χ4v) is 4.27. The maximum Gasteiger partial charge on any atom is 0.222 e. The minimum Gasteiger partial charge on any atom is -0.341 e. The number of piperidine rings is 1. The monoisotopic (exact) mass is 382 g/mol. The molecule has 1 aromatic heterocycles. The molecule has 1 aliphatic rings. The molecule has 3 rings (SSSR count). The van der Waals surface area contributed by atoms with Crippen LogP contribution in [0.2, 0.25) is 0 Å². The number of carbonyl (C=O) groups excluding carboxylic acids is 1. The Bertz CT molecular complexity index is 783. The number of likely N-dealkylation sites (tertiary alicyclic amines) is 1. The first-order valence-electron chi connectivity index (χ1n) is 10.5. The van der Waals surface area contributed by atoms with Gasteiger partial charge in [-0.3, -0.25) is 9.48 Å². The van der Waals surface area contributed by atoms with E-state index in [0.717, 1.165) is 56.7 Å². The van der Waals surface area contributed by atoms with Gasteiger partial charge in [-0.15, -0.1) is 0 Å². The lowest BCUT2D eigenvalue weighted by atomic mass is 10.0. The van der Waals surface area contributed by atoms with Gasteiger partial charge < -0.3 is 9.80 Å². The number of benzene rings is 1. The molecule has 1 amide bonds. The van der Waals surface area contributed by atoms with E-state index in [1.807, 2.05) is 30.6 Å². The molecule has 5 nitrogen and oxygen atoms in total. The Balaban J connectivity index is 1.50. The van der Waals surface area contributed by atoms with Crippen LogP contribution in [0.5, 0.6) is 0 Å². The third-order valence-corrected chi connectivity index (χ3v) is 6.23. The first-order chi connectivity index (χ1) is 13.5. The lowest BCUT2D eigenvalue weighted by Gasteiger charge is -2.37. The maximum atomic E-state index is 12.8. The van der Waals surface area contributed by atoms with Crippen molar-refractivity contribution in [3.8, 4) is 0 Å². The summed E-state index contributed by atoms with van der Waals surface area (Å²) in [7, 11) is 3.95. The molecule has 2 aromatic rings. The van der Waals surface area contributed by atoms with Crippen LogP contribution in [0.15, 0.2) is 30.3 Å². The van der Waals surface area contributed by atoms with Crippen LogP contribution in [-0.2, 0) is 24.7 Å². The Hall–Kier alpha value is -2.14. The summed E-state index contributed by atoms with van der Waals surface area (Å²) in [6, 6.07) is 11.0. The van der Waals surface area contributed by atoms with E-state index in [2.05, 4.69) is 47.3 Å². The molecule has 5 heteroatoms. The van der Waals surface area contributed by atoms with Crippen LogP contribution < -0.4 is 0 Å². The Kier molecular flexibility index (Phi) is 6.89. The number of nitrogens with zero attached hydrogens (tertiary/aromatic N) is 4. The van der Waals surface area contributed by atoms with Crippen molar-refractivity contribution in [1.29, 1.82) is 0 Å². The van der Waals surface area contributed by atoms with E-state index >= 15 is 0 Å². The zero-order valence-electron chi connectivity index (χ0n) is 17.8. The van der Waals surface area contributed by atoms with Crippen LogP contribution in [0.3, 0.4) is 0 Å². The Morgan fingerprint density at radius 2 is 1.96 bits per heavy atom. The van der Waals surface area contributed by atoms with Crippen molar-refractivity contribution in [3.63, 3.8) is 0 Å². The molecule has 0 aliphatic carbocycles. The van der Waals surface area contributed by atoms with Crippen molar-refractivity contribution >= 4 is 5.91 Å². The van der Waals surface area contributed by atoms with Gasteiger partial charge in [-0.2, -0.15) is 5.10 Å². The predicted octanol–water partition coefficient (Wildman–Crippen LogP) is 3.14. The molecule has 1 aromatic carbocycles. The van der Waals surface area contributed by atoms with E-state index < -0.39 is 0 Å². The van der Waals surface area contributed by atoms with Crippen molar-refractivity contribution in [3.05, 3.63) is 52.8 Å². The summed E-state index contributed by atoms with van der Waals surface area (Å²) in [6.45, 7) is 7.30. The van der Waals surface area contributed by atoms with Gasteiger partial charge in [0.15, 0.2) is 0 Å². The molecule has 0 saturated carbocycles. The fraction of sp³-hybridized carbons (Fsp3) is 0.565. The zero-order valence-corrected chi connectivity index (χ0v) is 17.8. The number of likely N-dealkylation sites (N-methyl/N-ethyl adjacent to an activating group) is 1. The molecule has 1 atom stereocenters. The summed E-state index contributed by atoms with van der Waals surface area (Å²) in [4.78, 5) is 17.3. The molecule has 1 unspecified atom stereocenters. The number of aromatic nitrogens is 2. The topological polar surface area (TPSA) is 41.4 Å². The second-order valence-corrected chi connectivity index (χ2v) is 8.11. The van der Waals surface area contributed by atoms with Crippen molar-refractivity contribution in [2.45, 2.75) is 52.0 Å². The molecular weight excluding hydrogens is 348 g/mol. The highest BCUT2D eigenvalue weighted by Gasteiger charge is 2.26. The van der Waals surface area contributed by atoms with Gasteiger partial charge in [0.05, 0.1) is 5.69 Å². The second kappa shape index (κ2) is 9.37. The summed E-state index contributed by atoms with van der Waals surface area (Å²) in [5, 5.41) is 4.46. The summed E-state index contributed by atoms with van der Waals surface area (Å²) in [5.41, 5.74) is 4.81. The smallest absolute Gasteiger partial charge is 0.222 e. The molecule has 0 spiro atoms. The number of rotatable bonds is 7. The first-order valence-corrected chi connectivity index (χ1v) is 10.5. The van der Waals surface area contributed by atoms with Gasteiger partial charge in [-0.05, 0) is 57.2 Å². The lowest BCUT2D eigenvalue weighted by molar-refractivity contribution is -0.133. The molecule has 0 bridgehead atoms. The highest BCUT2D eigenvalue weighted by atomic mass is 16.2. The highest BCUT2D eigenvalue weighted by Crippen LogP contribution is 2.18. The van der Waals surface area contributed by atoms with Crippen molar-refractivity contribution in [2.75, 3.05) is 26.7 Å². The first kappa shape index (κ1) is 20.6. The average Bonchev–Trinajstić information content (AvgIpc) is 2.96. The molecule has 1 aliphatic heterocycles. The van der Waals surface area contributed by atoms with Crippen molar-refractivity contribution in [1.82, 2.24) is 19.6 Å². The Morgan fingerprint density at radius 3 is 2.64 bits per heavy atom. The third kappa shape index (κ3) is 5.02. The number of hydrogen-bond donors (Lipinski definition) is 0. The van der Waals surface area contributed by atoms with E-state index in [1.54, 1.807) is 0 Å². The van der Waals surface area contributed by atoms with E-state index in [-0.39, 0.29) is 5.91 Å². The second-order valence-electron chi connectivity index (χ2n) is 8.11. The Labute approximate surface area is 169 Å². The van der Waals surface area contributed by atoms with E-state index in [4.69, 9.17) is 0 Å². The summed E-state index contributed by atoms with van der Waals surface area (Å²) in [6.07, 6.45) is 4.68. The highest BCUT2D eigenvalue weighted by molar-refractivity contribution is 5.76. The SMILES string of the molecule is Cc1nn(C)c(C)c1CCC(=O)N(C)C1CCCN(CCc2ccccc2)C1.